The van der Waals surface area contributed by atoms with Crippen molar-refractivity contribution in [3.05, 3.63) is 95.8 Å². The number of nitrogens with zero attached hydrogens (tertiary/aromatic N) is 2. The van der Waals surface area contributed by atoms with Gasteiger partial charge in [-0.25, -0.2) is 9.37 Å². The topological polar surface area (TPSA) is 56.1 Å². The molecule has 4 rings (SSSR count). The zero-order valence-corrected chi connectivity index (χ0v) is 16.1. The first kappa shape index (κ1) is 18.7. The van der Waals surface area contributed by atoms with Crippen molar-refractivity contribution in [1.82, 2.24) is 14.9 Å². The molecule has 1 N–H and O–H groups in total. The Bertz CT molecular complexity index is 1190. The summed E-state index contributed by atoms with van der Waals surface area (Å²) < 4.78 is 21.1. The maximum absolute atomic E-state index is 13.9. The molecule has 1 heterocycles. The molecule has 0 aliphatic heterocycles. The molecule has 0 saturated heterocycles. The van der Waals surface area contributed by atoms with Gasteiger partial charge in [0.1, 0.15) is 23.4 Å². The minimum absolute atomic E-state index is 0.329. The van der Waals surface area contributed by atoms with Crippen molar-refractivity contribution in [2.75, 3.05) is 7.11 Å². The van der Waals surface area contributed by atoms with E-state index in [2.05, 4.69) is 10.3 Å². The zero-order valence-electron chi connectivity index (χ0n) is 16.1. The van der Waals surface area contributed by atoms with Crippen molar-refractivity contribution in [2.45, 2.75) is 6.04 Å². The molecule has 0 spiro atoms. The first-order chi connectivity index (χ1) is 14.1. The Hall–Kier alpha value is -3.67. The molecule has 0 bridgehead atoms. The Morgan fingerprint density at radius 3 is 2.52 bits per heavy atom. The number of methoxy groups -OCH3 is 1. The largest absolute Gasteiger partial charge is 0.496 e. The van der Waals surface area contributed by atoms with E-state index >= 15 is 0 Å². The van der Waals surface area contributed by atoms with Crippen LogP contribution in [0.15, 0.2) is 73.1 Å². The summed E-state index contributed by atoms with van der Waals surface area (Å²) in [6.07, 6.45) is 3.43. The Balaban J connectivity index is 1.76. The number of carbonyl (C=O) groups is 1. The number of hydrogen-bond acceptors (Lipinski definition) is 3. The van der Waals surface area contributed by atoms with Crippen molar-refractivity contribution in [1.29, 1.82) is 0 Å². The molecular formula is C23H20FN3O2. The molecule has 0 fully saturated rings. The van der Waals surface area contributed by atoms with Gasteiger partial charge < -0.3 is 14.6 Å². The van der Waals surface area contributed by atoms with Gasteiger partial charge in [-0.05, 0) is 40.6 Å². The SMILES string of the molecule is COc1cc2ccccc2cc1C(=O)NC(c1cccc(F)c1)c1nccn1C. The third-order valence-electron chi connectivity index (χ3n) is 4.89. The third kappa shape index (κ3) is 3.69. The van der Waals surface area contributed by atoms with Crippen molar-refractivity contribution >= 4 is 16.7 Å². The van der Waals surface area contributed by atoms with Crippen LogP contribution >= 0.6 is 0 Å². The fraction of sp³-hybridized carbons (Fsp3) is 0.130. The van der Waals surface area contributed by atoms with E-state index in [0.29, 0.717) is 22.7 Å². The van der Waals surface area contributed by atoms with Crippen LogP contribution in [0, 0.1) is 5.82 Å². The minimum atomic E-state index is -0.616. The predicted molar refractivity (Wildman–Crippen MR) is 109 cm³/mol. The van der Waals surface area contributed by atoms with Gasteiger partial charge in [-0.15, -0.1) is 0 Å². The normalized spacial score (nSPS) is 12.0. The highest BCUT2D eigenvalue weighted by atomic mass is 19.1. The molecule has 6 heteroatoms. The monoisotopic (exact) mass is 389 g/mol. The second kappa shape index (κ2) is 7.75. The number of rotatable bonds is 5. The fourth-order valence-corrected chi connectivity index (χ4v) is 3.41. The number of carbonyl (C=O) groups excluding carboxylic acids is 1. The van der Waals surface area contributed by atoms with Gasteiger partial charge in [0.05, 0.1) is 12.7 Å². The second-order valence-electron chi connectivity index (χ2n) is 6.76. The molecule has 5 nitrogen and oxygen atoms in total. The number of hydrogen-bond donors (Lipinski definition) is 1. The summed E-state index contributed by atoms with van der Waals surface area (Å²) in [7, 11) is 3.36. The fourth-order valence-electron chi connectivity index (χ4n) is 3.41. The average molecular weight is 389 g/mol. The summed E-state index contributed by atoms with van der Waals surface area (Å²) >= 11 is 0. The maximum Gasteiger partial charge on any atom is 0.255 e. The highest BCUT2D eigenvalue weighted by Gasteiger charge is 2.23. The molecule has 1 aromatic heterocycles. The average Bonchev–Trinajstić information content (AvgIpc) is 3.16. The lowest BCUT2D eigenvalue weighted by atomic mass is 10.0. The summed E-state index contributed by atoms with van der Waals surface area (Å²) in [5, 5.41) is 4.90. The van der Waals surface area contributed by atoms with Crippen LogP contribution in [0.1, 0.15) is 27.8 Å². The van der Waals surface area contributed by atoms with Crippen LogP contribution in [0.5, 0.6) is 5.75 Å². The summed E-state index contributed by atoms with van der Waals surface area (Å²) in [6, 6.07) is 16.9. The van der Waals surface area contributed by atoms with Crippen LogP contribution in [0.25, 0.3) is 10.8 Å². The van der Waals surface area contributed by atoms with Gasteiger partial charge >= 0.3 is 0 Å². The molecule has 1 amide bonds. The number of nitrogens with one attached hydrogen (secondary N) is 1. The van der Waals surface area contributed by atoms with Crippen molar-refractivity contribution in [3.8, 4) is 5.75 Å². The third-order valence-corrected chi connectivity index (χ3v) is 4.89. The number of halogens is 1. The van der Waals surface area contributed by atoms with Crippen molar-refractivity contribution in [2.24, 2.45) is 7.05 Å². The van der Waals surface area contributed by atoms with E-state index in [-0.39, 0.29) is 11.7 Å². The lowest BCUT2D eigenvalue weighted by Crippen LogP contribution is -2.31. The first-order valence-electron chi connectivity index (χ1n) is 9.17. The molecule has 146 valence electrons. The number of benzene rings is 3. The van der Waals surface area contributed by atoms with E-state index in [1.165, 1.54) is 19.2 Å². The molecule has 1 atom stereocenters. The lowest BCUT2D eigenvalue weighted by molar-refractivity contribution is 0.0938. The summed E-state index contributed by atoms with van der Waals surface area (Å²) in [4.78, 5) is 17.6. The second-order valence-corrected chi connectivity index (χ2v) is 6.76. The van der Waals surface area contributed by atoms with E-state index in [0.717, 1.165) is 10.8 Å². The van der Waals surface area contributed by atoms with Crippen LogP contribution in [0.2, 0.25) is 0 Å². The Morgan fingerprint density at radius 2 is 1.86 bits per heavy atom. The van der Waals surface area contributed by atoms with E-state index in [1.54, 1.807) is 35.2 Å². The van der Waals surface area contributed by atoms with Gasteiger partial charge in [-0.2, -0.15) is 0 Å². The van der Waals surface area contributed by atoms with Gasteiger partial charge in [-0.3, -0.25) is 4.79 Å². The standard InChI is InChI=1S/C23H20FN3O2/c1-27-11-10-25-22(27)21(17-8-5-9-18(24)12-17)26-23(28)19-13-15-6-3-4-7-16(15)14-20(19)29-2/h3-14,21H,1-2H3,(H,26,28). The number of imidazole rings is 1. The number of aromatic nitrogens is 2. The molecule has 0 radical (unpaired) electrons. The molecule has 29 heavy (non-hydrogen) atoms. The summed E-state index contributed by atoms with van der Waals surface area (Å²) in [5.74, 6) is 0.367. The smallest absolute Gasteiger partial charge is 0.255 e. The van der Waals surface area contributed by atoms with Crippen LogP contribution in [0.4, 0.5) is 4.39 Å². The van der Waals surface area contributed by atoms with Crippen molar-refractivity contribution in [3.63, 3.8) is 0 Å². The number of ether oxygens (including phenoxy) is 1. The van der Waals surface area contributed by atoms with Gasteiger partial charge in [0.25, 0.3) is 5.91 Å². The van der Waals surface area contributed by atoms with E-state index in [1.807, 2.05) is 37.4 Å². The molecule has 1 unspecified atom stereocenters. The molecule has 0 aliphatic rings. The van der Waals surface area contributed by atoms with Crippen LogP contribution in [0.3, 0.4) is 0 Å². The molecular weight excluding hydrogens is 369 g/mol. The predicted octanol–water partition coefficient (Wildman–Crippen LogP) is 4.24. The van der Waals surface area contributed by atoms with Gasteiger partial charge in [0, 0.05) is 19.4 Å². The number of aryl methyl sites for hydroxylation is 1. The minimum Gasteiger partial charge on any atom is -0.496 e. The molecule has 0 saturated carbocycles. The summed E-state index contributed by atoms with van der Waals surface area (Å²) in [6.45, 7) is 0. The number of amides is 1. The van der Waals surface area contributed by atoms with E-state index in [4.69, 9.17) is 4.74 Å². The Morgan fingerprint density at radius 1 is 1.10 bits per heavy atom. The van der Waals surface area contributed by atoms with Crippen molar-refractivity contribution < 1.29 is 13.9 Å². The zero-order chi connectivity index (χ0) is 20.4. The number of fused-ring (bicyclic) bond motifs is 1. The molecule has 0 aliphatic carbocycles. The van der Waals surface area contributed by atoms with E-state index in [9.17, 15) is 9.18 Å². The van der Waals surface area contributed by atoms with Crippen LogP contribution < -0.4 is 10.1 Å². The Kier molecular flexibility index (Phi) is 4.99. The molecule has 3 aromatic carbocycles. The quantitative estimate of drug-likeness (QED) is 0.555. The lowest BCUT2D eigenvalue weighted by Gasteiger charge is -2.20. The van der Waals surface area contributed by atoms with Gasteiger partial charge in [0.15, 0.2) is 0 Å². The van der Waals surface area contributed by atoms with Crippen LogP contribution in [-0.4, -0.2) is 22.6 Å². The van der Waals surface area contributed by atoms with Gasteiger partial charge in [0.2, 0.25) is 0 Å². The highest BCUT2D eigenvalue weighted by Crippen LogP contribution is 2.28. The first-order valence-corrected chi connectivity index (χ1v) is 9.17. The van der Waals surface area contributed by atoms with Gasteiger partial charge in [-0.1, -0.05) is 36.4 Å². The molecule has 4 aromatic rings. The van der Waals surface area contributed by atoms with E-state index < -0.39 is 6.04 Å². The summed E-state index contributed by atoms with van der Waals surface area (Å²) in [5.41, 5.74) is 1.01. The highest BCUT2D eigenvalue weighted by molar-refractivity contribution is 6.02. The Labute approximate surface area is 167 Å². The van der Waals surface area contributed by atoms with Crippen LogP contribution in [-0.2, 0) is 7.05 Å². The maximum atomic E-state index is 13.9.